The Morgan fingerprint density at radius 1 is 1.50 bits per heavy atom. The average molecular weight is 220 g/mol. The molecule has 0 fully saturated rings. The van der Waals surface area contributed by atoms with E-state index in [-0.39, 0.29) is 0 Å². The molecule has 16 heavy (non-hydrogen) atoms. The van der Waals surface area contributed by atoms with Crippen LogP contribution in [0.5, 0.6) is 5.75 Å². The summed E-state index contributed by atoms with van der Waals surface area (Å²) in [6.07, 6.45) is 0. The number of nitrogens with two attached hydrogens (primary N) is 1. The summed E-state index contributed by atoms with van der Waals surface area (Å²) in [5, 5.41) is 0. The van der Waals surface area contributed by atoms with Crippen molar-refractivity contribution in [2.75, 3.05) is 26.4 Å². The highest BCUT2D eigenvalue weighted by atomic mass is 16.5. The van der Waals surface area contributed by atoms with Gasteiger partial charge in [0, 0.05) is 18.8 Å². The number of methoxy groups -OCH3 is 1. The van der Waals surface area contributed by atoms with E-state index in [0.29, 0.717) is 0 Å². The fraction of sp³-hybridized carbons (Fsp3) is 0.385. The molecular formula is C13H20N2O. The van der Waals surface area contributed by atoms with E-state index >= 15 is 0 Å². The second-order valence-electron chi connectivity index (χ2n) is 4.19. The monoisotopic (exact) mass is 220 g/mol. The second kappa shape index (κ2) is 5.56. The molecule has 3 nitrogen and oxygen atoms in total. The molecule has 1 aromatic carbocycles. The summed E-state index contributed by atoms with van der Waals surface area (Å²) >= 11 is 0. The summed E-state index contributed by atoms with van der Waals surface area (Å²) in [7, 11) is 3.71. The summed E-state index contributed by atoms with van der Waals surface area (Å²) in [4.78, 5) is 2.17. The van der Waals surface area contributed by atoms with Crippen LogP contribution in [0.25, 0.3) is 0 Å². The van der Waals surface area contributed by atoms with Crippen LogP contribution in [0.15, 0.2) is 30.4 Å². The summed E-state index contributed by atoms with van der Waals surface area (Å²) in [5.74, 6) is 0.841. The van der Waals surface area contributed by atoms with Gasteiger partial charge in [0.2, 0.25) is 0 Å². The highest BCUT2D eigenvalue weighted by molar-refractivity contribution is 5.50. The Balaban J connectivity index is 2.75. The van der Waals surface area contributed by atoms with Crippen LogP contribution in [0.2, 0.25) is 0 Å². The van der Waals surface area contributed by atoms with Gasteiger partial charge in [0.25, 0.3) is 0 Å². The van der Waals surface area contributed by atoms with Crippen molar-refractivity contribution in [3.05, 3.63) is 35.9 Å². The molecule has 0 atom stereocenters. The van der Waals surface area contributed by atoms with Crippen LogP contribution in [-0.2, 0) is 6.54 Å². The van der Waals surface area contributed by atoms with Crippen molar-refractivity contribution in [3.63, 3.8) is 0 Å². The number of hydrogen-bond acceptors (Lipinski definition) is 3. The van der Waals surface area contributed by atoms with Gasteiger partial charge in [-0.05, 0) is 37.7 Å². The molecule has 2 N–H and O–H groups in total. The lowest BCUT2D eigenvalue weighted by molar-refractivity contribution is 0.354. The molecular weight excluding hydrogens is 200 g/mol. The van der Waals surface area contributed by atoms with E-state index in [9.17, 15) is 0 Å². The molecule has 1 rings (SSSR count). The van der Waals surface area contributed by atoms with Crippen molar-refractivity contribution in [2.24, 2.45) is 0 Å². The SMILES string of the molecule is C=C(C)CN(C)Cc1cc(OC)ccc1N. The number of nitrogen functional groups attached to an aromatic ring is 1. The molecule has 0 heterocycles. The third-order valence-corrected chi connectivity index (χ3v) is 2.33. The zero-order chi connectivity index (χ0) is 12.1. The zero-order valence-electron chi connectivity index (χ0n) is 10.3. The molecule has 0 aromatic heterocycles. The summed E-state index contributed by atoms with van der Waals surface area (Å²) < 4.78 is 5.18. The van der Waals surface area contributed by atoms with E-state index in [1.165, 1.54) is 0 Å². The normalized spacial score (nSPS) is 10.5. The summed E-state index contributed by atoms with van der Waals surface area (Å²) in [5.41, 5.74) is 8.95. The number of benzene rings is 1. The highest BCUT2D eigenvalue weighted by Crippen LogP contribution is 2.20. The molecule has 0 amide bonds. The third-order valence-electron chi connectivity index (χ3n) is 2.33. The fourth-order valence-corrected chi connectivity index (χ4v) is 1.65. The number of ether oxygens (including phenoxy) is 1. The van der Waals surface area contributed by atoms with Gasteiger partial charge in [0.05, 0.1) is 7.11 Å². The Kier molecular flexibility index (Phi) is 4.38. The van der Waals surface area contributed by atoms with Crippen molar-refractivity contribution >= 4 is 5.69 Å². The summed E-state index contributed by atoms with van der Waals surface area (Å²) in [6, 6.07) is 5.73. The summed E-state index contributed by atoms with van der Waals surface area (Å²) in [6.45, 7) is 7.59. The van der Waals surface area contributed by atoms with E-state index in [0.717, 1.165) is 35.7 Å². The Labute approximate surface area is 97.5 Å². The van der Waals surface area contributed by atoms with Gasteiger partial charge in [-0.25, -0.2) is 0 Å². The molecule has 3 heteroatoms. The maximum atomic E-state index is 5.92. The smallest absolute Gasteiger partial charge is 0.119 e. The van der Waals surface area contributed by atoms with Crippen LogP contribution < -0.4 is 10.5 Å². The second-order valence-corrected chi connectivity index (χ2v) is 4.19. The number of rotatable bonds is 5. The molecule has 88 valence electrons. The Hall–Kier alpha value is -1.48. The van der Waals surface area contributed by atoms with Crippen LogP contribution in [0.3, 0.4) is 0 Å². The topological polar surface area (TPSA) is 38.5 Å². The first-order valence-electron chi connectivity index (χ1n) is 5.28. The Bertz CT molecular complexity index is 374. The zero-order valence-corrected chi connectivity index (χ0v) is 10.3. The van der Waals surface area contributed by atoms with Crippen LogP contribution in [-0.4, -0.2) is 25.6 Å². The lowest BCUT2D eigenvalue weighted by Gasteiger charge is -2.18. The van der Waals surface area contributed by atoms with Crippen LogP contribution in [0.1, 0.15) is 12.5 Å². The van der Waals surface area contributed by atoms with Gasteiger partial charge in [0.15, 0.2) is 0 Å². The lowest BCUT2D eigenvalue weighted by atomic mass is 10.1. The van der Waals surface area contributed by atoms with Gasteiger partial charge in [-0.3, -0.25) is 4.90 Å². The molecule has 0 saturated heterocycles. The van der Waals surface area contributed by atoms with E-state index in [1.54, 1.807) is 7.11 Å². The molecule has 0 aliphatic heterocycles. The van der Waals surface area contributed by atoms with Crippen molar-refractivity contribution in [3.8, 4) is 5.75 Å². The number of hydrogen-bond donors (Lipinski definition) is 1. The first-order chi connectivity index (χ1) is 7.52. The molecule has 0 unspecified atom stereocenters. The van der Waals surface area contributed by atoms with Crippen molar-refractivity contribution < 1.29 is 4.74 Å². The van der Waals surface area contributed by atoms with Crippen molar-refractivity contribution in [1.82, 2.24) is 4.90 Å². The molecule has 0 aliphatic rings. The minimum Gasteiger partial charge on any atom is -0.497 e. The number of nitrogens with zero attached hydrogens (tertiary/aromatic N) is 1. The van der Waals surface area contributed by atoms with E-state index in [4.69, 9.17) is 10.5 Å². The van der Waals surface area contributed by atoms with Crippen LogP contribution in [0, 0.1) is 0 Å². The van der Waals surface area contributed by atoms with E-state index < -0.39 is 0 Å². The molecule has 1 aromatic rings. The minimum absolute atomic E-state index is 0.800. The van der Waals surface area contributed by atoms with Gasteiger partial charge in [0.1, 0.15) is 5.75 Å². The number of likely N-dealkylation sites (N-methyl/N-ethyl adjacent to an activating group) is 1. The predicted octanol–water partition coefficient (Wildman–Crippen LogP) is 2.29. The van der Waals surface area contributed by atoms with Crippen molar-refractivity contribution in [1.29, 1.82) is 0 Å². The maximum absolute atomic E-state index is 5.92. The average Bonchev–Trinajstić information content (AvgIpc) is 2.20. The Morgan fingerprint density at radius 3 is 2.75 bits per heavy atom. The van der Waals surface area contributed by atoms with Gasteiger partial charge in [-0.1, -0.05) is 12.2 Å². The van der Waals surface area contributed by atoms with E-state index in [2.05, 4.69) is 11.5 Å². The Morgan fingerprint density at radius 2 is 2.19 bits per heavy atom. The minimum atomic E-state index is 0.800. The van der Waals surface area contributed by atoms with Crippen LogP contribution in [0.4, 0.5) is 5.69 Å². The molecule has 0 aliphatic carbocycles. The van der Waals surface area contributed by atoms with Gasteiger partial charge in [-0.15, -0.1) is 0 Å². The van der Waals surface area contributed by atoms with Crippen molar-refractivity contribution in [2.45, 2.75) is 13.5 Å². The first kappa shape index (κ1) is 12.6. The molecule has 0 bridgehead atoms. The standard InChI is InChI=1S/C13H20N2O/c1-10(2)8-15(3)9-11-7-12(16-4)5-6-13(11)14/h5-7H,1,8-9,14H2,2-4H3. The maximum Gasteiger partial charge on any atom is 0.119 e. The quantitative estimate of drug-likeness (QED) is 0.611. The molecule has 0 radical (unpaired) electrons. The fourth-order valence-electron chi connectivity index (χ4n) is 1.65. The number of anilines is 1. The van der Waals surface area contributed by atoms with Crippen LogP contribution >= 0.6 is 0 Å². The highest BCUT2D eigenvalue weighted by Gasteiger charge is 2.05. The van der Waals surface area contributed by atoms with E-state index in [1.807, 2.05) is 32.2 Å². The first-order valence-corrected chi connectivity index (χ1v) is 5.28. The predicted molar refractivity (Wildman–Crippen MR) is 68.6 cm³/mol. The third kappa shape index (κ3) is 3.59. The van der Waals surface area contributed by atoms with Gasteiger partial charge in [-0.2, -0.15) is 0 Å². The molecule has 0 spiro atoms. The lowest BCUT2D eigenvalue weighted by Crippen LogP contribution is -2.20. The molecule has 0 saturated carbocycles. The largest absolute Gasteiger partial charge is 0.497 e. The van der Waals surface area contributed by atoms with Gasteiger partial charge >= 0.3 is 0 Å². The van der Waals surface area contributed by atoms with Gasteiger partial charge < -0.3 is 10.5 Å².